The molecule has 5 rings (SSSR count). The minimum Gasteiger partial charge on any atom is -0.437 e. The number of aromatic nitrogens is 2. The van der Waals surface area contributed by atoms with Crippen LogP contribution < -0.4 is 4.74 Å². The van der Waals surface area contributed by atoms with Gasteiger partial charge in [-0.05, 0) is 63.7 Å². The van der Waals surface area contributed by atoms with Crippen LogP contribution in [0.1, 0.15) is 69.9 Å². The quantitative estimate of drug-likeness (QED) is 0.643. The second-order valence-corrected chi connectivity index (χ2v) is 10.3. The maximum Gasteiger partial charge on any atom is 0.241 e. The number of nitrogens with zero attached hydrogens (tertiary/aromatic N) is 4. The first-order chi connectivity index (χ1) is 16.1. The number of rotatable bonds is 5. The lowest BCUT2D eigenvalue weighted by atomic mass is 9.78. The highest BCUT2D eigenvalue weighted by molar-refractivity contribution is 5.82. The molecule has 3 fully saturated rings. The maximum atomic E-state index is 13.7. The summed E-state index contributed by atoms with van der Waals surface area (Å²) >= 11 is 0. The van der Waals surface area contributed by atoms with E-state index in [0.717, 1.165) is 62.8 Å². The van der Waals surface area contributed by atoms with Crippen molar-refractivity contribution in [3.63, 3.8) is 0 Å². The molecule has 0 radical (unpaired) electrons. The first-order valence-corrected chi connectivity index (χ1v) is 12.7. The standard InChI is InChI=1S/C27H36N4O2/c1-27(13-18-30(19-14-27)22-9-5-6-10-22)26(32)31-17-7-8-21(20-31)24-25(29-16-15-28-24)33-23-11-3-2-4-12-23/h2-4,11-12,15-16,21-22H,5-10,13-14,17-20H2,1H3. The van der Waals surface area contributed by atoms with Crippen molar-refractivity contribution in [2.24, 2.45) is 5.41 Å². The first-order valence-electron chi connectivity index (χ1n) is 12.7. The van der Waals surface area contributed by atoms with Crippen LogP contribution in [0.15, 0.2) is 42.7 Å². The summed E-state index contributed by atoms with van der Waals surface area (Å²) in [6.45, 7) is 5.85. The molecule has 1 atom stereocenters. The monoisotopic (exact) mass is 448 g/mol. The Bertz CT molecular complexity index is 936. The molecule has 3 heterocycles. The Labute approximate surface area is 197 Å². The highest BCUT2D eigenvalue weighted by atomic mass is 16.5. The van der Waals surface area contributed by atoms with E-state index in [4.69, 9.17) is 4.74 Å². The minimum absolute atomic E-state index is 0.150. The minimum atomic E-state index is -0.247. The van der Waals surface area contributed by atoms with Gasteiger partial charge in [0.05, 0.1) is 0 Å². The van der Waals surface area contributed by atoms with Gasteiger partial charge in [-0.3, -0.25) is 9.78 Å². The Morgan fingerprint density at radius 2 is 1.70 bits per heavy atom. The van der Waals surface area contributed by atoms with Gasteiger partial charge in [0.1, 0.15) is 11.4 Å². The van der Waals surface area contributed by atoms with Crippen molar-refractivity contribution in [2.45, 2.75) is 70.3 Å². The average molecular weight is 449 g/mol. The summed E-state index contributed by atoms with van der Waals surface area (Å²) in [5.41, 5.74) is 0.614. The zero-order valence-corrected chi connectivity index (χ0v) is 19.8. The molecule has 176 valence electrons. The third-order valence-electron chi connectivity index (χ3n) is 8.00. The number of ether oxygens (including phenoxy) is 1. The summed E-state index contributed by atoms with van der Waals surface area (Å²) in [4.78, 5) is 27.6. The molecular formula is C27H36N4O2. The number of hydrogen-bond acceptors (Lipinski definition) is 5. The highest BCUT2D eigenvalue weighted by Crippen LogP contribution is 2.39. The fraction of sp³-hybridized carbons (Fsp3) is 0.593. The molecule has 0 bridgehead atoms. The Balaban J connectivity index is 1.25. The summed E-state index contributed by atoms with van der Waals surface area (Å²) in [5, 5.41) is 0. The van der Waals surface area contributed by atoms with Crippen molar-refractivity contribution in [3.8, 4) is 11.6 Å². The average Bonchev–Trinajstić information content (AvgIpc) is 3.40. The van der Waals surface area contributed by atoms with Crippen LogP contribution in [0.25, 0.3) is 0 Å². The van der Waals surface area contributed by atoms with E-state index >= 15 is 0 Å². The summed E-state index contributed by atoms with van der Waals surface area (Å²) in [6.07, 6.45) is 12.7. The van der Waals surface area contributed by atoms with Crippen molar-refractivity contribution >= 4 is 5.91 Å². The third kappa shape index (κ3) is 4.91. The Hall–Kier alpha value is -2.47. The zero-order valence-electron chi connectivity index (χ0n) is 19.8. The lowest BCUT2D eigenvalue weighted by molar-refractivity contribution is -0.145. The fourth-order valence-electron chi connectivity index (χ4n) is 5.93. The van der Waals surface area contributed by atoms with Gasteiger partial charge in [-0.2, -0.15) is 0 Å². The number of benzene rings is 1. The third-order valence-corrected chi connectivity index (χ3v) is 8.00. The Morgan fingerprint density at radius 1 is 0.970 bits per heavy atom. The van der Waals surface area contributed by atoms with Crippen LogP contribution in [0.3, 0.4) is 0 Å². The van der Waals surface area contributed by atoms with E-state index in [1.165, 1.54) is 25.7 Å². The molecule has 6 heteroatoms. The van der Waals surface area contributed by atoms with Crippen LogP contribution in [-0.4, -0.2) is 57.9 Å². The van der Waals surface area contributed by atoms with E-state index in [2.05, 4.69) is 26.7 Å². The fourth-order valence-corrected chi connectivity index (χ4v) is 5.93. The molecule has 1 aromatic carbocycles. The highest BCUT2D eigenvalue weighted by Gasteiger charge is 2.42. The smallest absolute Gasteiger partial charge is 0.241 e. The van der Waals surface area contributed by atoms with Crippen LogP contribution >= 0.6 is 0 Å². The Kier molecular flexibility index (Phi) is 6.63. The normalized spacial score (nSPS) is 24.0. The molecule has 0 spiro atoms. The second kappa shape index (κ2) is 9.80. The lowest BCUT2D eigenvalue weighted by Gasteiger charge is -2.44. The van der Waals surface area contributed by atoms with Gasteiger partial charge < -0.3 is 14.5 Å². The van der Waals surface area contributed by atoms with Crippen LogP contribution in [0.4, 0.5) is 0 Å². The summed E-state index contributed by atoms with van der Waals surface area (Å²) in [5.74, 6) is 1.79. The van der Waals surface area contributed by atoms with E-state index in [0.29, 0.717) is 18.3 Å². The molecule has 2 saturated heterocycles. The number of carbonyl (C=O) groups is 1. The summed E-state index contributed by atoms with van der Waals surface area (Å²) < 4.78 is 6.07. The van der Waals surface area contributed by atoms with Crippen LogP contribution in [0.5, 0.6) is 11.6 Å². The summed E-state index contributed by atoms with van der Waals surface area (Å²) in [7, 11) is 0. The van der Waals surface area contributed by atoms with Crippen LogP contribution in [0.2, 0.25) is 0 Å². The van der Waals surface area contributed by atoms with Crippen molar-refractivity contribution < 1.29 is 9.53 Å². The van der Waals surface area contributed by atoms with Crippen molar-refractivity contribution in [2.75, 3.05) is 26.2 Å². The zero-order chi connectivity index (χ0) is 22.7. The SMILES string of the molecule is CC1(C(=O)N2CCCC(c3nccnc3Oc3ccccc3)C2)CCN(C2CCCC2)CC1. The Morgan fingerprint density at radius 3 is 2.45 bits per heavy atom. The van der Waals surface area contributed by atoms with Gasteiger partial charge in [0.25, 0.3) is 0 Å². The number of carbonyl (C=O) groups excluding carboxylic acids is 1. The lowest BCUT2D eigenvalue weighted by Crippen LogP contribution is -2.52. The number of amides is 1. The van der Waals surface area contributed by atoms with E-state index in [1.54, 1.807) is 12.4 Å². The van der Waals surface area contributed by atoms with E-state index in [1.807, 2.05) is 30.3 Å². The molecule has 1 saturated carbocycles. The number of hydrogen-bond donors (Lipinski definition) is 0. The largest absolute Gasteiger partial charge is 0.437 e. The molecule has 1 amide bonds. The van der Waals surface area contributed by atoms with Gasteiger partial charge in [0, 0.05) is 42.9 Å². The molecule has 1 aromatic heterocycles. The first kappa shape index (κ1) is 22.3. The van der Waals surface area contributed by atoms with E-state index in [-0.39, 0.29) is 11.3 Å². The van der Waals surface area contributed by atoms with Crippen molar-refractivity contribution in [1.29, 1.82) is 0 Å². The maximum absolute atomic E-state index is 13.7. The molecule has 0 N–H and O–H groups in total. The van der Waals surface area contributed by atoms with Crippen molar-refractivity contribution in [3.05, 3.63) is 48.4 Å². The molecule has 1 unspecified atom stereocenters. The molecule has 1 aliphatic carbocycles. The molecule has 33 heavy (non-hydrogen) atoms. The van der Waals surface area contributed by atoms with Crippen LogP contribution in [0, 0.1) is 5.41 Å². The van der Waals surface area contributed by atoms with E-state index in [9.17, 15) is 4.79 Å². The van der Waals surface area contributed by atoms with Gasteiger partial charge in [0.2, 0.25) is 11.8 Å². The van der Waals surface area contributed by atoms with Crippen molar-refractivity contribution in [1.82, 2.24) is 19.8 Å². The number of piperidine rings is 2. The number of likely N-dealkylation sites (tertiary alicyclic amines) is 2. The molecule has 2 aliphatic heterocycles. The van der Waals surface area contributed by atoms with Gasteiger partial charge in [-0.15, -0.1) is 0 Å². The van der Waals surface area contributed by atoms with Gasteiger partial charge in [-0.1, -0.05) is 38.0 Å². The van der Waals surface area contributed by atoms with Gasteiger partial charge in [-0.25, -0.2) is 4.98 Å². The van der Waals surface area contributed by atoms with E-state index < -0.39 is 0 Å². The molecule has 3 aliphatic rings. The molecular weight excluding hydrogens is 412 g/mol. The number of para-hydroxylation sites is 1. The predicted molar refractivity (Wildman–Crippen MR) is 128 cm³/mol. The molecule has 6 nitrogen and oxygen atoms in total. The molecule has 2 aromatic rings. The topological polar surface area (TPSA) is 58.6 Å². The van der Waals surface area contributed by atoms with Gasteiger partial charge in [0.15, 0.2) is 0 Å². The second-order valence-electron chi connectivity index (χ2n) is 10.3. The van der Waals surface area contributed by atoms with Crippen LogP contribution in [-0.2, 0) is 4.79 Å². The van der Waals surface area contributed by atoms with Gasteiger partial charge >= 0.3 is 0 Å². The predicted octanol–water partition coefficient (Wildman–Crippen LogP) is 5.02. The summed E-state index contributed by atoms with van der Waals surface area (Å²) in [6, 6.07) is 10.5.